The Kier molecular flexibility index (Phi) is 4.51. The molecule has 2 atom stereocenters. The van der Waals surface area contributed by atoms with E-state index in [0.29, 0.717) is 24.3 Å². The predicted molar refractivity (Wildman–Crippen MR) is 94.6 cm³/mol. The molecule has 1 aliphatic carbocycles. The van der Waals surface area contributed by atoms with Crippen LogP contribution in [0.1, 0.15) is 52.1 Å². The SMILES string of the molecule is CC(C)c1cc(N[C@@H]2CN(C(=O)C3(N)CC3)C[C@H]2C(C)C)ncn1. The zero-order valence-corrected chi connectivity index (χ0v) is 15.1. The van der Waals surface area contributed by atoms with Crippen molar-refractivity contribution in [3.63, 3.8) is 0 Å². The lowest BCUT2D eigenvalue weighted by Crippen LogP contribution is -2.45. The number of aromatic nitrogens is 2. The number of nitrogens with one attached hydrogen (secondary N) is 1. The van der Waals surface area contributed by atoms with E-state index in [1.807, 2.05) is 11.0 Å². The second kappa shape index (κ2) is 6.31. The smallest absolute Gasteiger partial charge is 0.242 e. The summed E-state index contributed by atoms with van der Waals surface area (Å²) >= 11 is 0. The molecule has 2 fully saturated rings. The van der Waals surface area contributed by atoms with E-state index in [1.165, 1.54) is 0 Å². The first kappa shape index (κ1) is 17.1. The fraction of sp³-hybridized carbons (Fsp3) is 0.722. The molecule has 0 radical (unpaired) electrons. The quantitative estimate of drug-likeness (QED) is 0.862. The molecular formula is C18H29N5O. The molecule has 1 saturated heterocycles. The average molecular weight is 331 g/mol. The van der Waals surface area contributed by atoms with Crippen molar-refractivity contribution in [3.8, 4) is 0 Å². The summed E-state index contributed by atoms with van der Waals surface area (Å²) in [6.45, 7) is 10.1. The monoisotopic (exact) mass is 331 g/mol. The highest BCUT2D eigenvalue weighted by molar-refractivity contribution is 5.89. The van der Waals surface area contributed by atoms with Crippen LogP contribution < -0.4 is 11.1 Å². The van der Waals surface area contributed by atoms with Gasteiger partial charge in [0.15, 0.2) is 0 Å². The van der Waals surface area contributed by atoms with Gasteiger partial charge in [-0.15, -0.1) is 0 Å². The summed E-state index contributed by atoms with van der Waals surface area (Å²) in [5.41, 5.74) is 6.55. The number of anilines is 1. The molecule has 0 spiro atoms. The third-order valence-corrected chi connectivity index (χ3v) is 5.34. The summed E-state index contributed by atoms with van der Waals surface area (Å²) in [7, 11) is 0. The first-order valence-corrected chi connectivity index (χ1v) is 8.97. The molecule has 1 aromatic rings. The largest absolute Gasteiger partial charge is 0.365 e. The van der Waals surface area contributed by atoms with E-state index >= 15 is 0 Å². The standard InChI is InChI=1S/C18H29N5O/c1-11(2)13-8-23(17(24)18(19)5-6-18)9-15(13)22-16-7-14(12(3)4)20-10-21-16/h7,10-13,15H,5-6,8-9,19H2,1-4H3,(H,20,21,22)/t13-,15+/m0/s1. The first-order valence-electron chi connectivity index (χ1n) is 8.97. The Bertz CT molecular complexity index is 611. The van der Waals surface area contributed by atoms with Gasteiger partial charge in [0.1, 0.15) is 12.1 Å². The Hall–Kier alpha value is -1.69. The third-order valence-electron chi connectivity index (χ3n) is 5.34. The van der Waals surface area contributed by atoms with E-state index in [2.05, 4.69) is 43.0 Å². The number of nitrogens with two attached hydrogens (primary N) is 1. The van der Waals surface area contributed by atoms with E-state index in [-0.39, 0.29) is 11.9 Å². The maximum Gasteiger partial charge on any atom is 0.242 e. The van der Waals surface area contributed by atoms with Crippen molar-refractivity contribution in [3.05, 3.63) is 18.1 Å². The highest BCUT2D eigenvalue weighted by Crippen LogP contribution is 2.37. The molecule has 132 valence electrons. The van der Waals surface area contributed by atoms with Crippen molar-refractivity contribution in [1.82, 2.24) is 14.9 Å². The highest BCUT2D eigenvalue weighted by atomic mass is 16.2. The predicted octanol–water partition coefficient (Wildman–Crippen LogP) is 1.99. The van der Waals surface area contributed by atoms with Crippen LogP contribution in [0.25, 0.3) is 0 Å². The van der Waals surface area contributed by atoms with Gasteiger partial charge in [-0.1, -0.05) is 27.7 Å². The molecule has 6 heteroatoms. The average Bonchev–Trinajstić information content (AvgIpc) is 3.15. The van der Waals surface area contributed by atoms with Gasteiger partial charge in [0.2, 0.25) is 5.91 Å². The topological polar surface area (TPSA) is 84.1 Å². The van der Waals surface area contributed by atoms with Crippen LogP contribution in [0.4, 0.5) is 5.82 Å². The van der Waals surface area contributed by atoms with E-state index in [0.717, 1.165) is 30.9 Å². The second-order valence-corrected chi connectivity index (χ2v) is 8.01. The van der Waals surface area contributed by atoms with E-state index in [1.54, 1.807) is 6.33 Å². The molecule has 2 heterocycles. The number of rotatable bonds is 5. The van der Waals surface area contributed by atoms with Crippen molar-refractivity contribution in [1.29, 1.82) is 0 Å². The Labute approximate surface area is 144 Å². The Morgan fingerprint density at radius 1 is 1.29 bits per heavy atom. The zero-order valence-electron chi connectivity index (χ0n) is 15.1. The Morgan fingerprint density at radius 3 is 2.58 bits per heavy atom. The third kappa shape index (κ3) is 3.38. The van der Waals surface area contributed by atoms with E-state index < -0.39 is 5.54 Å². The number of hydrogen-bond donors (Lipinski definition) is 2. The molecule has 0 unspecified atom stereocenters. The van der Waals surface area contributed by atoms with Crippen LogP contribution >= 0.6 is 0 Å². The summed E-state index contributed by atoms with van der Waals surface area (Å²) in [5.74, 6) is 2.20. The lowest BCUT2D eigenvalue weighted by atomic mass is 9.91. The van der Waals surface area contributed by atoms with Gasteiger partial charge < -0.3 is 16.0 Å². The molecule has 1 aromatic heterocycles. The molecular weight excluding hydrogens is 302 g/mol. The lowest BCUT2D eigenvalue weighted by molar-refractivity contribution is -0.132. The number of nitrogens with zero attached hydrogens (tertiary/aromatic N) is 3. The Balaban J connectivity index is 1.73. The molecule has 1 aliphatic heterocycles. The number of likely N-dealkylation sites (tertiary alicyclic amines) is 1. The summed E-state index contributed by atoms with van der Waals surface area (Å²) < 4.78 is 0. The van der Waals surface area contributed by atoms with Gasteiger partial charge in [-0.05, 0) is 24.7 Å². The molecule has 3 rings (SSSR count). The highest BCUT2D eigenvalue weighted by Gasteiger charge is 2.50. The van der Waals surface area contributed by atoms with Gasteiger partial charge >= 0.3 is 0 Å². The van der Waals surface area contributed by atoms with E-state index in [4.69, 9.17) is 5.73 Å². The molecule has 24 heavy (non-hydrogen) atoms. The van der Waals surface area contributed by atoms with Crippen LogP contribution in [0.15, 0.2) is 12.4 Å². The van der Waals surface area contributed by atoms with Gasteiger partial charge in [-0.3, -0.25) is 4.79 Å². The molecule has 1 saturated carbocycles. The minimum Gasteiger partial charge on any atom is -0.365 e. The Morgan fingerprint density at radius 2 is 2.00 bits per heavy atom. The van der Waals surface area contributed by atoms with Gasteiger partial charge in [-0.25, -0.2) is 9.97 Å². The summed E-state index contributed by atoms with van der Waals surface area (Å²) in [4.78, 5) is 23.2. The minimum atomic E-state index is -0.587. The zero-order chi connectivity index (χ0) is 17.5. The van der Waals surface area contributed by atoms with Crippen molar-refractivity contribution in [2.24, 2.45) is 17.6 Å². The second-order valence-electron chi connectivity index (χ2n) is 8.01. The van der Waals surface area contributed by atoms with Crippen LogP contribution in [0.2, 0.25) is 0 Å². The molecule has 6 nitrogen and oxygen atoms in total. The van der Waals surface area contributed by atoms with Crippen molar-refractivity contribution < 1.29 is 4.79 Å². The molecule has 0 aromatic carbocycles. The van der Waals surface area contributed by atoms with Crippen molar-refractivity contribution in [2.45, 2.75) is 58.0 Å². The molecule has 3 N–H and O–H groups in total. The van der Waals surface area contributed by atoms with Crippen molar-refractivity contribution >= 4 is 11.7 Å². The minimum absolute atomic E-state index is 0.114. The van der Waals surface area contributed by atoms with Crippen LogP contribution in [0.5, 0.6) is 0 Å². The number of carbonyl (C=O) groups excluding carboxylic acids is 1. The number of hydrogen-bond acceptors (Lipinski definition) is 5. The summed E-state index contributed by atoms with van der Waals surface area (Å²) in [5, 5.41) is 3.54. The van der Waals surface area contributed by atoms with Crippen LogP contribution in [0, 0.1) is 11.8 Å². The van der Waals surface area contributed by atoms with Crippen LogP contribution in [-0.2, 0) is 4.79 Å². The normalized spacial score (nSPS) is 25.4. The van der Waals surface area contributed by atoms with Crippen LogP contribution in [0.3, 0.4) is 0 Å². The number of amides is 1. The molecule has 2 aliphatic rings. The van der Waals surface area contributed by atoms with Gasteiger partial charge in [0.25, 0.3) is 0 Å². The van der Waals surface area contributed by atoms with Gasteiger partial charge in [0, 0.05) is 36.8 Å². The summed E-state index contributed by atoms with van der Waals surface area (Å²) in [6, 6.07) is 2.21. The fourth-order valence-corrected chi connectivity index (χ4v) is 3.44. The van der Waals surface area contributed by atoms with Gasteiger partial charge in [-0.2, -0.15) is 0 Å². The maximum atomic E-state index is 12.6. The molecule has 0 bridgehead atoms. The van der Waals surface area contributed by atoms with Crippen molar-refractivity contribution in [2.75, 3.05) is 18.4 Å². The molecule has 1 amide bonds. The first-order chi connectivity index (χ1) is 11.3. The van der Waals surface area contributed by atoms with E-state index in [9.17, 15) is 4.79 Å². The number of carbonyl (C=O) groups is 1. The van der Waals surface area contributed by atoms with Gasteiger partial charge in [0.05, 0.1) is 5.54 Å². The van der Waals surface area contributed by atoms with Crippen LogP contribution in [-0.4, -0.2) is 45.4 Å². The summed E-state index contributed by atoms with van der Waals surface area (Å²) in [6.07, 6.45) is 3.24. The lowest BCUT2D eigenvalue weighted by Gasteiger charge is -2.23. The maximum absolute atomic E-state index is 12.6. The fourth-order valence-electron chi connectivity index (χ4n) is 3.44.